The van der Waals surface area contributed by atoms with Crippen molar-refractivity contribution in [1.29, 1.82) is 0 Å². The number of pyridine rings is 1. The maximum Gasteiger partial charge on any atom is 0.243 e. The molecule has 0 amide bonds. The van der Waals surface area contributed by atoms with Gasteiger partial charge in [-0.2, -0.15) is 4.31 Å². The lowest BCUT2D eigenvalue weighted by atomic mass is 10.2. The van der Waals surface area contributed by atoms with Crippen molar-refractivity contribution < 1.29 is 18.3 Å². The Labute approximate surface area is 141 Å². The first-order chi connectivity index (χ1) is 11.6. The van der Waals surface area contributed by atoms with E-state index in [0.29, 0.717) is 49.4 Å². The molecule has 0 aliphatic carbocycles. The SMILES string of the molecule is COc1ccc(S(=O)(=O)N2CCN(CCO)CC2)c2cccnc12. The molecule has 0 radical (unpaired) electrons. The van der Waals surface area contributed by atoms with Gasteiger partial charge in [0, 0.05) is 44.3 Å². The third-order valence-corrected chi connectivity index (χ3v) is 6.23. The fraction of sp³-hybridized carbons (Fsp3) is 0.438. The fourth-order valence-corrected chi connectivity index (χ4v) is 4.59. The highest BCUT2D eigenvalue weighted by atomic mass is 32.2. The average molecular weight is 351 g/mol. The van der Waals surface area contributed by atoms with E-state index >= 15 is 0 Å². The Kier molecular flexibility index (Phi) is 5.00. The normalized spacial score (nSPS) is 17.2. The summed E-state index contributed by atoms with van der Waals surface area (Å²) in [6, 6.07) is 6.70. The van der Waals surface area contributed by atoms with Gasteiger partial charge in [-0.25, -0.2) is 8.42 Å². The van der Waals surface area contributed by atoms with Crippen LogP contribution in [-0.2, 0) is 10.0 Å². The molecular weight excluding hydrogens is 330 g/mol. The lowest BCUT2D eigenvalue weighted by Crippen LogP contribution is -2.49. The van der Waals surface area contributed by atoms with E-state index in [2.05, 4.69) is 9.88 Å². The molecular formula is C16H21N3O4S. The van der Waals surface area contributed by atoms with Crippen LogP contribution in [0.15, 0.2) is 35.4 Å². The average Bonchev–Trinajstić information content (AvgIpc) is 2.61. The summed E-state index contributed by atoms with van der Waals surface area (Å²) < 4.78 is 32.9. The van der Waals surface area contributed by atoms with E-state index in [1.807, 2.05) is 0 Å². The molecule has 0 bridgehead atoms. The van der Waals surface area contributed by atoms with Crippen molar-refractivity contribution in [2.45, 2.75) is 4.90 Å². The van der Waals surface area contributed by atoms with Gasteiger partial charge in [-0.15, -0.1) is 0 Å². The lowest BCUT2D eigenvalue weighted by Gasteiger charge is -2.33. The molecule has 8 heteroatoms. The van der Waals surface area contributed by atoms with Crippen LogP contribution in [0.5, 0.6) is 5.75 Å². The molecule has 1 aliphatic heterocycles. The number of methoxy groups -OCH3 is 1. The van der Waals surface area contributed by atoms with Crippen molar-refractivity contribution in [2.24, 2.45) is 0 Å². The smallest absolute Gasteiger partial charge is 0.243 e. The molecule has 24 heavy (non-hydrogen) atoms. The first-order valence-corrected chi connectivity index (χ1v) is 9.27. The van der Waals surface area contributed by atoms with Gasteiger partial charge in [-0.05, 0) is 24.3 Å². The third-order valence-electron chi connectivity index (χ3n) is 4.28. The largest absolute Gasteiger partial charge is 0.494 e. The van der Waals surface area contributed by atoms with Crippen molar-refractivity contribution in [2.75, 3.05) is 46.4 Å². The number of piperazine rings is 1. The maximum absolute atomic E-state index is 13.1. The van der Waals surface area contributed by atoms with Crippen molar-refractivity contribution >= 4 is 20.9 Å². The van der Waals surface area contributed by atoms with E-state index in [-0.39, 0.29) is 11.5 Å². The third kappa shape index (κ3) is 3.10. The van der Waals surface area contributed by atoms with Crippen LogP contribution in [0.3, 0.4) is 0 Å². The molecule has 0 atom stereocenters. The Balaban J connectivity index is 1.95. The van der Waals surface area contributed by atoms with E-state index in [9.17, 15) is 8.42 Å². The second kappa shape index (κ2) is 7.02. The Morgan fingerprint density at radius 1 is 1.21 bits per heavy atom. The standard InChI is InChI=1S/C16H21N3O4S/c1-23-14-4-5-15(13-3-2-6-17-16(13)14)24(21,22)19-9-7-18(8-10-19)11-12-20/h2-6,20H,7-12H2,1H3. The molecule has 0 saturated carbocycles. The molecule has 7 nitrogen and oxygen atoms in total. The predicted molar refractivity (Wildman–Crippen MR) is 90.6 cm³/mol. The van der Waals surface area contributed by atoms with Gasteiger partial charge in [-0.3, -0.25) is 9.88 Å². The Bertz CT molecular complexity index is 817. The number of rotatable bonds is 5. The van der Waals surface area contributed by atoms with E-state index in [1.54, 1.807) is 30.5 Å². The van der Waals surface area contributed by atoms with Crippen LogP contribution in [0.4, 0.5) is 0 Å². The molecule has 1 N–H and O–H groups in total. The number of hydrogen-bond donors (Lipinski definition) is 1. The molecule has 2 aromatic rings. The Hall–Kier alpha value is -1.74. The summed E-state index contributed by atoms with van der Waals surface area (Å²) in [5.74, 6) is 0.553. The summed E-state index contributed by atoms with van der Waals surface area (Å²) in [6.07, 6.45) is 1.62. The zero-order chi connectivity index (χ0) is 17.2. The minimum Gasteiger partial charge on any atom is -0.494 e. The van der Waals surface area contributed by atoms with Crippen molar-refractivity contribution in [3.8, 4) is 5.75 Å². The number of ether oxygens (including phenoxy) is 1. The molecule has 0 spiro atoms. The number of aliphatic hydroxyl groups is 1. The molecule has 1 saturated heterocycles. The molecule has 1 fully saturated rings. The minimum absolute atomic E-state index is 0.0849. The van der Waals surface area contributed by atoms with Gasteiger partial charge in [0.05, 0.1) is 18.6 Å². The van der Waals surface area contributed by atoms with Crippen molar-refractivity contribution in [3.63, 3.8) is 0 Å². The second-order valence-electron chi connectivity index (χ2n) is 5.63. The number of aliphatic hydroxyl groups excluding tert-OH is 1. The van der Waals surface area contributed by atoms with Crippen LogP contribution in [0.25, 0.3) is 10.9 Å². The van der Waals surface area contributed by atoms with Gasteiger partial charge in [0.25, 0.3) is 0 Å². The minimum atomic E-state index is -3.60. The van der Waals surface area contributed by atoms with Gasteiger partial charge < -0.3 is 9.84 Å². The number of nitrogens with zero attached hydrogens (tertiary/aromatic N) is 3. The van der Waals surface area contributed by atoms with E-state index < -0.39 is 10.0 Å². The molecule has 1 aromatic carbocycles. The zero-order valence-corrected chi connectivity index (χ0v) is 14.4. The second-order valence-corrected chi connectivity index (χ2v) is 7.54. The van der Waals surface area contributed by atoms with Crippen molar-refractivity contribution in [3.05, 3.63) is 30.5 Å². The Morgan fingerprint density at radius 2 is 1.96 bits per heavy atom. The summed E-state index contributed by atoms with van der Waals surface area (Å²) in [5, 5.41) is 9.56. The highest BCUT2D eigenvalue weighted by Gasteiger charge is 2.30. The van der Waals surface area contributed by atoms with Gasteiger partial charge in [0.2, 0.25) is 10.0 Å². The number of hydrogen-bond acceptors (Lipinski definition) is 6. The predicted octanol–water partition coefficient (Wildman–Crippen LogP) is 0.542. The quantitative estimate of drug-likeness (QED) is 0.847. The monoisotopic (exact) mass is 351 g/mol. The lowest BCUT2D eigenvalue weighted by molar-refractivity contribution is 0.151. The van der Waals surface area contributed by atoms with E-state index in [1.165, 1.54) is 11.4 Å². The number of β-amino-alcohol motifs (C(OH)–C–C–N with tert-alkyl or cyclic N) is 1. The van der Waals surface area contributed by atoms with E-state index in [4.69, 9.17) is 9.84 Å². The molecule has 0 unspecified atom stereocenters. The first-order valence-electron chi connectivity index (χ1n) is 7.83. The molecule has 1 aliphatic rings. The van der Waals surface area contributed by atoms with Crippen LogP contribution in [0.1, 0.15) is 0 Å². The number of fused-ring (bicyclic) bond motifs is 1. The van der Waals surface area contributed by atoms with Crippen LogP contribution >= 0.6 is 0 Å². The van der Waals surface area contributed by atoms with Crippen LogP contribution in [0.2, 0.25) is 0 Å². The molecule has 3 rings (SSSR count). The number of benzene rings is 1. The summed E-state index contributed by atoms with van der Waals surface area (Å²) in [6.45, 7) is 2.72. The Morgan fingerprint density at radius 3 is 2.62 bits per heavy atom. The summed E-state index contributed by atoms with van der Waals surface area (Å²) in [7, 11) is -2.06. The van der Waals surface area contributed by atoms with Gasteiger partial charge in [-0.1, -0.05) is 0 Å². The van der Waals surface area contributed by atoms with Crippen LogP contribution in [-0.4, -0.2) is 74.2 Å². The highest BCUT2D eigenvalue weighted by Crippen LogP contribution is 2.31. The van der Waals surface area contributed by atoms with Crippen LogP contribution < -0.4 is 4.74 Å². The zero-order valence-electron chi connectivity index (χ0n) is 13.6. The van der Waals surface area contributed by atoms with Crippen LogP contribution in [0, 0.1) is 0 Å². The summed E-state index contributed by atoms with van der Waals surface area (Å²) in [4.78, 5) is 6.57. The molecule has 2 heterocycles. The summed E-state index contributed by atoms with van der Waals surface area (Å²) in [5.41, 5.74) is 0.542. The number of aromatic nitrogens is 1. The highest BCUT2D eigenvalue weighted by molar-refractivity contribution is 7.89. The topological polar surface area (TPSA) is 83.0 Å². The molecule has 1 aromatic heterocycles. The summed E-state index contributed by atoms with van der Waals surface area (Å²) >= 11 is 0. The molecule has 130 valence electrons. The fourth-order valence-electron chi connectivity index (χ4n) is 2.98. The van der Waals surface area contributed by atoms with Gasteiger partial charge in [0.15, 0.2) is 0 Å². The van der Waals surface area contributed by atoms with Crippen molar-refractivity contribution in [1.82, 2.24) is 14.2 Å². The van der Waals surface area contributed by atoms with Gasteiger partial charge >= 0.3 is 0 Å². The van der Waals surface area contributed by atoms with E-state index in [0.717, 1.165) is 0 Å². The van der Waals surface area contributed by atoms with Gasteiger partial charge in [0.1, 0.15) is 11.3 Å². The maximum atomic E-state index is 13.1. The first kappa shape index (κ1) is 17.1. The number of sulfonamides is 1.